The van der Waals surface area contributed by atoms with Gasteiger partial charge in [0.25, 0.3) is 5.56 Å². The first-order valence-corrected chi connectivity index (χ1v) is 13.0. The SMILES string of the molecule is C[C@H](C/C(=N\O)c1ccc2c(=O)n(-c3ccc(F)cc3)c(CCCCC(=O)O)nc2c1)c1ncc2ccccn12. The maximum Gasteiger partial charge on any atom is 0.303 e. The van der Waals surface area contributed by atoms with Crippen molar-refractivity contribution in [3.63, 3.8) is 0 Å². The number of halogens is 1. The fourth-order valence-corrected chi connectivity index (χ4v) is 4.92. The van der Waals surface area contributed by atoms with Gasteiger partial charge < -0.3 is 14.7 Å². The van der Waals surface area contributed by atoms with E-state index in [9.17, 15) is 19.2 Å². The number of fused-ring (bicyclic) bond motifs is 2. The van der Waals surface area contributed by atoms with E-state index in [1.165, 1.54) is 28.8 Å². The van der Waals surface area contributed by atoms with Crippen LogP contribution >= 0.6 is 0 Å². The van der Waals surface area contributed by atoms with Gasteiger partial charge >= 0.3 is 5.97 Å². The number of hydrogen-bond acceptors (Lipinski definition) is 6. The summed E-state index contributed by atoms with van der Waals surface area (Å²) in [4.78, 5) is 33.9. The number of aromatic nitrogens is 4. The lowest BCUT2D eigenvalue weighted by Gasteiger charge is -2.15. The summed E-state index contributed by atoms with van der Waals surface area (Å²) in [6, 6.07) is 16.5. The minimum atomic E-state index is -0.888. The number of aryl methyl sites for hydroxylation is 1. The fraction of sp³-hybridized carbons (Fsp3) is 0.233. The van der Waals surface area contributed by atoms with E-state index in [-0.39, 0.29) is 17.9 Å². The quantitative estimate of drug-likeness (QED) is 0.107. The Hall–Kier alpha value is -4.86. The van der Waals surface area contributed by atoms with E-state index in [1.807, 2.05) is 35.7 Å². The molecule has 1 atom stereocenters. The van der Waals surface area contributed by atoms with Crippen molar-refractivity contribution in [1.82, 2.24) is 18.9 Å². The van der Waals surface area contributed by atoms with E-state index < -0.39 is 11.8 Å². The molecule has 5 rings (SSSR count). The Bertz CT molecular complexity index is 1780. The molecule has 0 radical (unpaired) electrons. The number of aliphatic carboxylic acids is 1. The Kier molecular flexibility index (Phi) is 7.68. The molecule has 0 aliphatic carbocycles. The van der Waals surface area contributed by atoms with Crippen molar-refractivity contribution in [3.05, 3.63) is 106 Å². The number of benzene rings is 2. The third-order valence-electron chi connectivity index (χ3n) is 6.93. The first-order chi connectivity index (χ1) is 19.4. The predicted molar refractivity (Wildman–Crippen MR) is 149 cm³/mol. The zero-order valence-electron chi connectivity index (χ0n) is 21.9. The smallest absolute Gasteiger partial charge is 0.303 e. The summed E-state index contributed by atoms with van der Waals surface area (Å²) in [5.74, 6) is -0.115. The van der Waals surface area contributed by atoms with Crippen LogP contribution in [0.2, 0.25) is 0 Å². The van der Waals surface area contributed by atoms with Crippen LogP contribution in [0.1, 0.15) is 55.7 Å². The number of hydrogen-bond donors (Lipinski definition) is 2. The molecule has 2 aromatic carbocycles. The normalized spacial score (nSPS) is 12.7. The summed E-state index contributed by atoms with van der Waals surface area (Å²) in [5.41, 5.74) is 2.58. The highest BCUT2D eigenvalue weighted by Crippen LogP contribution is 2.24. The predicted octanol–water partition coefficient (Wildman–Crippen LogP) is 5.34. The molecule has 0 spiro atoms. The maximum atomic E-state index is 13.6. The van der Waals surface area contributed by atoms with Crippen LogP contribution in [-0.4, -0.2) is 40.9 Å². The molecule has 0 aliphatic rings. The molecule has 10 heteroatoms. The second kappa shape index (κ2) is 11.5. The van der Waals surface area contributed by atoms with Crippen molar-refractivity contribution in [1.29, 1.82) is 0 Å². The molecule has 0 fully saturated rings. The summed E-state index contributed by atoms with van der Waals surface area (Å²) in [7, 11) is 0. The van der Waals surface area contributed by atoms with Crippen LogP contribution in [0.15, 0.2) is 83.0 Å². The number of oxime groups is 1. The van der Waals surface area contributed by atoms with Gasteiger partial charge in [-0.25, -0.2) is 14.4 Å². The molecule has 5 aromatic rings. The van der Waals surface area contributed by atoms with Gasteiger partial charge in [0.15, 0.2) is 0 Å². The molecular formula is C30H28FN5O4. The zero-order chi connectivity index (χ0) is 28.2. The Morgan fingerprint density at radius 1 is 1.10 bits per heavy atom. The van der Waals surface area contributed by atoms with Crippen LogP contribution in [0.3, 0.4) is 0 Å². The summed E-state index contributed by atoms with van der Waals surface area (Å²) >= 11 is 0. The van der Waals surface area contributed by atoms with Crippen LogP contribution < -0.4 is 5.56 Å². The van der Waals surface area contributed by atoms with Crippen LogP contribution in [-0.2, 0) is 11.2 Å². The average molecular weight is 542 g/mol. The zero-order valence-corrected chi connectivity index (χ0v) is 21.9. The van der Waals surface area contributed by atoms with Gasteiger partial charge in [-0.05, 0) is 61.4 Å². The van der Waals surface area contributed by atoms with Gasteiger partial charge in [0, 0.05) is 36.9 Å². The second-order valence-corrected chi connectivity index (χ2v) is 9.74. The third-order valence-corrected chi connectivity index (χ3v) is 6.93. The maximum absolute atomic E-state index is 13.6. The highest BCUT2D eigenvalue weighted by Gasteiger charge is 2.19. The first kappa shape index (κ1) is 26.7. The summed E-state index contributed by atoms with van der Waals surface area (Å²) < 4.78 is 17.0. The van der Waals surface area contributed by atoms with Crippen LogP contribution in [0.5, 0.6) is 0 Å². The van der Waals surface area contributed by atoms with Crippen LogP contribution in [0, 0.1) is 5.82 Å². The molecule has 9 nitrogen and oxygen atoms in total. The van der Waals surface area contributed by atoms with Crippen molar-refractivity contribution in [3.8, 4) is 5.69 Å². The summed E-state index contributed by atoms with van der Waals surface area (Å²) in [6.07, 6.45) is 5.42. The minimum Gasteiger partial charge on any atom is -0.481 e. The van der Waals surface area contributed by atoms with Gasteiger partial charge in [0.1, 0.15) is 17.5 Å². The molecule has 0 unspecified atom stereocenters. The molecular weight excluding hydrogens is 513 g/mol. The lowest BCUT2D eigenvalue weighted by Crippen LogP contribution is -2.24. The third kappa shape index (κ3) is 5.47. The molecule has 3 aromatic heterocycles. The highest BCUT2D eigenvalue weighted by molar-refractivity contribution is 6.03. The topological polar surface area (TPSA) is 122 Å². The monoisotopic (exact) mass is 541 g/mol. The van der Waals surface area contributed by atoms with Crippen LogP contribution in [0.25, 0.3) is 22.1 Å². The molecule has 0 saturated carbocycles. The number of rotatable bonds is 10. The van der Waals surface area contributed by atoms with E-state index in [4.69, 9.17) is 10.1 Å². The largest absolute Gasteiger partial charge is 0.481 e. The van der Waals surface area contributed by atoms with Crippen molar-refractivity contribution in [2.75, 3.05) is 0 Å². The van der Waals surface area contributed by atoms with Crippen molar-refractivity contribution >= 4 is 28.1 Å². The van der Waals surface area contributed by atoms with Crippen molar-refractivity contribution in [2.24, 2.45) is 5.16 Å². The van der Waals surface area contributed by atoms with E-state index in [2.05, 4.69) is 10.1 Å². The Balaban J connectivity index is 1.50. The molecule has 3 heterocycles. The number of carboxylic acids is 1. The summed E-state index contributed by atoms with van der Waals surface area (Å²) in [5, 5.41) is 22.8. The molecule has 0 saturated heterocycles. The van der Waals surface area contributed by atoms with E-state index in [0.717, 1.165) is 11.3 Å². The molecule has 0 aliphatic heterocycles. The van der Waals surface area contributed by atoms with E-state index in [1.54, 1.807) is 24.4 Å². The van der Waals surface area contributed by atoms with Crippen molar-refractivity contribution < 1.29 is 19.5 Å². The first-order valence-electron chi connectivity index (χ1n) is 13.0. The molecule has 0 bridgehead atoms. The van der Waals surface area contributed by atoms with Gasteiger partial charge in [0.2, 0.25) is 0 Å². The summed E-state index contributed by atoms with van der Waals surface area (Å²) in [6.45, 7) is 2.00. The van der Waals surface area contributed by atoms with Crippen molar-refractivity contribution in [2.45, 2.75) is 44.9 Å². The van der Waals surface area contributed by atoms with Gasteiger partial charge in [0.05, 0.1) is 34.0 Å². The second-order valence-electron chi connectivity index (χ2n) is 9.74. The molecule has 2 N–H and O–H groups in total. The number of carbonyl (C=O) groups is 1. The fourth-order valence-electron chi connectivity index (χ4n) is 4.92. The van der Waals surface area contributed by atoms with E-state index >= 15 is 0 Å². The van der Waals surface area contributed by atoms with Gasteiger partial charge in [-0.15, -0.1) is 0 Å². The average Bonchev–Trinajstić information content (AvgIpc) is 3.39. The Labute approximate surface area is 228 Å². The standard InChI is InChI=1S/C30H28FN5O4/c1-19(29-32-18-23-6-4-5-15-35(23)29)16-25(34-40)20-9-14-24-26(17-20)33-27(7-2-3-8-28(37)38)36(30(24)39)22-12-10-21(31)11-13-22/h4-6,9-15,17-19,40H,2-3,7-8,16H2,1H3,(H,37,38)/b34-25+/t19-/m1/s1. The number of nitrogens with zero attached hydrogens (tertiary/aromatic N) is 5. The van der Waals surface area contributed by atoms with Gasteiger partial charge in [-0.2, -0.15) is 0 Å². The minimum absolute atomic E-state index is 0.0127. The molecule has 40 heavy (non-hydrogen) atoms. The molecule has 204 valence electrons. The van der Waals surface area contributed by atoms with Gasteiger partial charge in [-0.3, -0.25) is 14.2 Å². The van der Waals surface area contributed by atoms with Gasteiger partial charge in [-0.1, -0.05) is 24.2 Å². The Morgan fingerprint density at radius 2 is 1.90 bits per heavy atom. The lowest BCUT2D eigenvalue weighted by molar-refractivity contribution is -0.137. The number of unbranched alkanes of at least 4 members (excludes halogenated alkanes) is 1. The molecule has 0 amide bonds. The number of pyridine rings is 1. The lowest BCUT2D eigenvalue weighted by atomic mass is 9.97. The highest BCUT2D eigenvalue weighted by atomic mass is 19.1. The number of carboxylic acid groups (broad SMARTS) is 1. The van der Waals surface area contributed by atoms with Crippen LogP contribution in [0.4, 0.5) is 4.39 Å². The van der Waals surface area contributed by atoms with E-state index in [0.29, 0.717) is 59.4 Å². The number of imidazole rings is 1. The Morgan fingerprint density at radius 3 is 2.65 bits per heavy atom.